The summed E-state index contributed by atoms with van der Waals surface area (Å²) in [6.07, 6.45) is 1.28. The van der Waals surface area contributed by atoms with Gasteiger partial charge in [0.15, 0.2) is 0 Å². The second kappa shape index (κ2) is 8.17. The number of benzene rings is 2. The van der Waals surface area contributed by atoms with E-state index in [1.54, 1.807) is 42.5 Å². The fourth-order valence-electron chi connectivity index (χ4n) is 2.32. The van der Waals surface area contributed by atoms with Gasteiger partial charge in [0.25, 0.3) is 5.91 Å². The van der Waals surface area contributed by atoms with Crippen molar-refractivity contribution < 1.29 is 9.53 Å². The number of carbonyl (C=O) groups excluding carboxylic acids is 1. The van der Waals surface area contributed by atoms with Crippen LogP contribution in [0.4, 0.5) is 17.2 Å². The number of aromatic nitrogens is 2. The van der Waals surface area contributed by atoms with Gasteiger partial charge in [-0.15, -0.1) is 0 Å². The van der Waals surface area contributed by atoms with Gasteiger partial charge in [0.1, 0.15) is 29.7 Å². The van der Waals surface area contributed by atoms with Crippen LogP contribution in [-0.4, -0.2) is 23.0 Å². The molecule has 3 rings (SSSR count). The van der Waals surface area contributed by atoms with E-state index in [1.165, 1.54) is 19.5 Å². The number of nitrogens with one attached hydrogen (secondary N) is 2. The summed E-state index contributed by atoms with van der Waals surface area (Å²) in [4.78, 5) is 20.5. The maximum atomic E-state index is 12.4. The molecular weight excluding hydrogens is 366 g/mol. The number of halogens is 1. The molecule has 134 valence electrons. The fourth-order valence-corrected chi connectivity index (χ4v) is 2.58. The van der Waals surface area contributed by atoms with E-state index in [2.05, 4.69) is 20.6 Å². The molecule has 0 aliphatic carbocycles. The van der Waals surface area contributed by atoms with Gasteiger partial charge in [-0.05, 0) is 30.3 Å². The molecule has 1 heterocycles. The molecule has 1 aromatic heterocycles. The molecule has 0 saturated heterocycles. The first-order chi connectivity index (χ1) is 13.1. The van der Waals surface area contributed by atoms with Crippen molar-refractivity contribution in [1.82, 2.24) is 9.97 Å². The normalized spacial score (nSPS) is 9.96. The maximum Gasteiger partial charge on any atom is 0.274 e. The van der Waals surface area contributed by atoms with Gasteiger partial charge in [0.2, 0.25) is 0 Å². The zero-order valence-electron chi connectivity index (χ0n) is 14.2. The number of nitrogens with zero attached hydrogens (tertiary/aromatic N) is 3. The fraction of sp³-hybridized carbons (Fsp3) is 0.0526. The van der Waals surface area contributed by atoms with E-state index < -0.39 is 5.91 Å². The van der Waals surface area contributed by atoms with Crippen LogP contribution in [0.5, 0.6) is 5.75 Å². The Morgan fingerprint density at radius 3 is 2.74 bits per heavy atom. The summed E-state index contributed by atoms with van der Waals surface area (Å²) in [5.41, 5.74) is 1.62. The van der Waals surface area contributed by atoms with Crippen LogP contribution in [0.15, 0.2) is 54.9 Å². The summed E-state index contributed by atoms with van der Waals surface area (Å²) in [7, 11) is 1.54. The number of anilines is 3. The zero-order valence-corrected chi connectivity index (χ0v) is 15.0. The van der Waals surface area contributed by atoms with Crippen LogP contribution in [0.25, 0.3) is 0 Å². The van der Waals surface area contributed by atoms with Crippen molar-refractivity contribution in [2.75, 3.05) is 17.7 Å². The van der Waals surface area contributed by atoms with Gasteiger partial charge in [-0.25, -0.2) is 9.97 Å². The van der Waals surface area contributed by atoms with Crippen molar-refractivity contribution in [3.05, 3.63) is 71.1 Å². The minimum atomic E-state index is -0.448. The summed E-state index contributed by atoms with van der Waals surface area (Å²) in [6, 6.07) is 15.4. The van der Waals surface area contributed by atoms with E-state index in [4.69, 9.17) is 21.6 Å². The first-order valence-electron chi connectivity index (χ1n) is 7.84. The van der Waals surface area contributed by atoms with E-state index in [0.29, 0.717) is 33.5 Å². The Morgan fingerprint density at radius 2 is 2.00 bits per heavy atom. The lowest BCUT2D eigenvalue weighted by atomic mass is 10.2. The molecule has 0 aliphatic heterocycles. The molecule has 0 fully saturated rings. The Hall–Kier alpha value is -3.63. The largest absolute Gasteiger partial charge is 0.495 e. The zero-order chi connectivity index (χ0) is 19.2. The average molecular weight is 380 g/mol. The number of ether oxygens (including phenoxy) is 1. The van der Waals surface area contributed by atoms with Crippen LogP contribution in [0.1, 0.15) is 16.1 Å². The SMILES string of the molecule is COc1ccc(Nc2cc(C(=O)Nc3ccccc3C#N)ncn2)cc1Cl. The van der Waals surface area contributed by atoms with Crippen LogP contribution >= 0.6 is 11.6 Å². The molecule has 2 N–H and O–H groups in total. The monoisotopic (exact) mass is 379 g/mol. The highest BCUT2D eigenvalue weighted by atomic mass is 35.5. The summed E-state index contributed by atoms with van der Waals surface area (Å²) in [5, 5.41) is 15.3. The molecule has 0 radical (unpaired) electrons. The third-order valence-electron chi connectivity index (χ3n) is 3.62. The van der Waals surface area contributed by atoms with Gasteiger partial charge in [0, 0.05) is 11.8 Å². The minimum absolute atomic E-state index is 0.153. The van der Waals surface area contributed by atoms with Crippen molar-refractivity contribution in [2.24, 2.45) is 0 Å². The Balaban J connectivity index is 1.78. The number of rotatable bonds is 5. The number of hydrogen-bond acceptors (Lipinski definition) is 6. The Morgan fingerprint density at radius 1 is 1.19 bits per heavy atom. The van der Waals surface area contributed by atoms with Gasteiger partial charge in [-0.3, -0.25) is 4.79 Å². The van der Waals surface area contributed by atoms with Gasteiger partial charge < -0.3 is 15.4 Å². The highest BCUT2D eigenvalue weighted by Crippen LogP contribution is 2.28. The van der Waals surface area contributed by atoms with E-state index >= 15 is 0 Å². The second-order valence-electron chi connectivity index (χ2n) is 5.37. The molecule has 0 atom stereocenters. The maximum absolute atomic E-state index is 12.4. The van der Waals surface area contributed by atoms with E-state index in [1.807, 2.05) is 6.07 Å². The molecule has 27 heavy (non-hydrogen) atoms. The summed E-state index contributed by atoms with van der Waals surface area (Å²) in [5.74, 6) is 0.530. The van der Waals surface area contributed by atoms with Crippen molar-refractivity contribution in [2.45, 2.75) is 0 Å². The van der Waals surface area contributed by atoms with Gasteiger partial charge in [-0.1, -0.05) is 23.7 Å². The van der Waals surface area contributed by atoms with Gasteiger partial charge in [-0.2, -0.15) is 5.26 Å². The van der Waals surface area contributed by atoms with Crippen molar-refractivity contribution in [3.63, 3.8) is 0 Å². The van der Waals surface area contributed by atoms with Gasteiger partial charge >= 0.3 is 0 Å². The van der Waals surface area contributed by atoms with E-state index in [9.17, 15) is 4.79 Å². The van der Waals surface area contributed by atoms with Crippen molar-refractivity contribution in [1.29, 1.82) is 5.26 Å². The Labute approximate surface area is 160 Å². The molecule has 0 aliphatic rings. The molecule has 7 nitrogen and oxygen atoms in total. The summed E-state index contributed by atoms with van der Waals surface area (Å²) >= 11 is 6.11. The Bertz CT molecular complexity index is 1030. The van der Waals surface area contributed by atoms with Crippen LogP contribution in [0, 0.1) is 11.3 Å². The molecule has 1 amide bonds. The molecule has 0 unspecified atom stereocenters. The molecule has 2 aromatic carbocycles. The second-order valence-corrected chi connectivity index (χ2v) is 5.78. The van der Waals surface area contributed by atoms with E-state index in [-0.39, 0.29) is 5.69 Å². The average Bonchev–Trinajstić information content (AvgIpc) is 2.69. The number of hydrogen-bond donors (Lipinski definition) is 2. The molecule has 3 aromatic rings. The van der Waals surface area contributed by atoms with Crippen LogP contribution in [-0.2, 0) is 0 Å². The third-order valence-corrected chi connectivity index (χ3v) is 3.92. The lowest BCUT2D eigenvalue weighted by Crippen LogP contribution is -2.15. The number of para-hydroxylation sites is 1. The summed E-state index contributed by atoms with van der Waals surface area (Å²) < 4.78 is 5.12. The van der Waals surface area contributed by atoms with Crippen LogP contribution < -0.4 is 15.4 Å². The molecule has 0 saturated carbocycles. The van der Waals surface area contributed by atoms with Crippen molar-refractivity contribution in [3.8, 4) is 11.8 Å². The number of methoxy groups -OCH3 is 1. The molecular formula is C19H14ClN5O2. The van der Waals surface area contributed by atoms with Gasteiger partial charge in [0.05, 0.1) is 23.4 Å². The highest BCUT2D eigenvalue weighted by Gasteiger charge is 2.12. The lowest BCUT2D eigenvalue weighted by Gasteiger charge is -2.10. The summed E-state index contributed by atoms with van der Waals surface area (Å²) in [6.45, 7) is 0. The Kier molecular flexibility index (Phi) is 5.50. The predicted octanol–water partition coefficient (Wildman–Crippen LogP) is 4.01. The molecule has 0 bridgehead atoms. The number of amides is 1. The molecule has 0 spiro atoms. The minimum Gasteiger partial charge on any atom is -0.495 e. The van der Waals surface area contributed by atoms with Crippen molar-refractivity contribution >= 4 is 34.7 Å². The quantitative estimate of drug-likeness (QED) is 0.694. The van der Waals surface area contributed by atoms with Crippen LogP contribution in [0.2, 0.25) is 5.02 Å². The lowest BCUT2D eigenvalue weighted by molar-refractivity contribution is 0.102. The number of nitriles is 1. The standard InChI is InChI=1S/C19H14ClN5O2/c1-27-17-7-6-13(8-14(17)20)24-18-9-16(22-11-23-18)19(26)25-15-5-3-2-4-12(15)10-21/h2-9,11H,1H3,(H,25,26)(H,22,23,24). The van der Waals surface area contributed by atoms with E-state index in [0.717, 1.165) is 0 Å². The first-order valence-corrected chi connectivity index (χ1v) is 8.21. The smallest absolute Gasteiger partial charge is 0.274 e. The molecule has 8 heteroatoms. The third kappa shape index (κ3) is 4.32. The topological polar surface area (TPSA) is 99.9 Å². The number of carbonyl (C=O) groups is 1. The predicted molar refractivity (Wildman–Crippen MR) is 102 cm³/mol. The van der Waals surface area contributed by atoms with Crippen LogP contribution in [0.3, 0.4) is 0 Å². The highest BCUT2D eigenvalue weighted by molar-refractivity contribution is 6.32. The first kappa shape index (κ1) is 18.2.